The summed E-state index contributed by atoms with van der Waals surface area (Å²) in [5.41, 5.74) is 1.25. The highest BCUT2D eigenvalue weighted by Crippen LogP contribution is 2.37. The average molecular weight is 666 g/mol. The summed E-state index contributed by atoms with van der Waals surface area (Å²) in [6.07, 6.45) is 3.50. The van der Waals surface area contributed by atoms with Crippen molar-refractivity contribution in [3.63, 3.8) is 0 Å². The third-order valence-corrected chi connectivity index (χ3v) is 7.10. The summed E-state index contributed by atoms with van der Waals surface area (Å²) in [5.74, 6) is -0.780. The molecule has 2 amide bonds. The highest BCUT2D eigenvalue weighted by molar-refractivity contribution is 14.1. The molecule has 214 valence electrons. The lowest BCUT2D eigenvalue weighted by Gasteiger charge is -2.40. The van der Waals surface area contributed by atoms with Crippen LogP contribution in [-0.4, -0.2) is 71.7 Å². The highest BCUT2D eigenvalue weighted by Gasteiger charge is 2.40. The number of halogens is 2. The van der Waals surface area contributed by atoms with Gasteiger partial charge in [0, 0.05) is 30.6 Å². The van der Waals surface area contributed by atoms with E-state index < -0.39 is 35.9 Å². The van der Waals surface area contributed by atoms with Gasteiger partial charge in [0.25, 0.3) is 0 Å². The molecule has 0 saturated carbocycles. The minimum Gasteiger partial charge on any atom is -0.493 e. The molecule has 0 radical (unpaired) electrons. The summed E-state index contributed by atoms with van der Waals surface area (Å²) >= 11 is 1.98. The summed E-state index contributed by atoms with van der Waals surface area (Å²) in [4.78, 5) is 39.1. The quantitative estimate of drug-likeness (QED) is 0.181. The van der Waals surface area contributed by atoms with Gasteiger partial charge in [0.1, 0.15) is 24.3 Å². The Morgan fingerprint density at radius 3 is 2.60 bits per heavy atom. The molecular weight excluding hydrogens is 634 g/mol. The number of hydrogen-bond donors (Lipinski definition) is 3. The van der Waals surface area contributed by atoms with Crippen molar-refractivity contribution in [3.8, 4) is 11.5 Å². The zero-order valence-corrected chi connectivity index (χ0v) is 24.3. The number of nitrogens with one attached hydrogen (secondary N) is 1. The van der Waals surface area contributed by atoms with Crippen LogP contribution in [0.4, 0.5) is 4.39 Å². The van der Waals surface area contributed by atoms with E-state index in [1.54, 1.807) is 24.3 Å². The topological polar surface area (TPSA) is 125 Å². The molecule has 3 N–H and O–H groups in total. The van der Waals surface area contributed by atoms with Crippen molar-refractivity contribution in [2.24, 2.45) is 0 Å². The molecule has 11 heteroatoms. The zero-order valence-electron chi connectivity index (χ0n) is 22.2. The molecule has 1 aliphatic rings. The lowest BCUT2D eigenvalue weighted by molar-refractivity contribution is -0.134. The number of carbonyl (C=O) groups excluding carboxylic acids is 3. The predicted octanol–water partition coefficient (Wildman–Crippen LogP) is 3.16. The van der Waals surface area contributed by atoms with E-state index in [9.17, 15) is 29.0 Å². The number of hydrogen-bond acceptors (Lipinski definition) is 7. The van der Waals surface area contributed by atoms with Crippen LogP contribution in [0.3, 0.4) is 0 Å². The zero-order chi connectivity index (χ0) is 29.2. The number of benzene rings is 2. The fourth-order valence-corrected chi connectivity index (χ4v) is 5.05. The van der Waals surface area contributed by atoms with E-state index in [1.165, 1.54) is 42.4 Å². The standard InChI is InChI=1S/C29H32FIN2O7/c1-3-4-5-26(36)33(16-18-6-8-21(30)9-7-18)23-14-20(29(38)32-10-11-34)15-24(27(23)37)40-28-22(31)12-19(17-35)13-25(28)39-2/h4-9,12-13,15,17,23-24,27,34,37H,3,10-11,14,16H2,1-2H3,(H,32,38). The number of nitrogens with zero attached hydrogens (tertiary/aromatic N) is 1. The van der Waals surface area contributed by atoms with E-state index in [0.717, 1.165) is 0 Å². The first-order valence-corrected chi connectivity index (χ1v) is 13.8. The second-order valence-electron chi connectivity index (χ2n) is 9.07. The summed E-state index contributed by atoms with van der Waals surface area (Å²) in [7, 11) is 1.42. The molecule has 40 heavy (non-hydrogen) atoms. The van der Waals surface area contributed by atoms with Gasteiger partial charge in [0.15, 0.2) is 11.5 Å². The van der Waals surface area contributed by atoms with Crippen LogP contribution >= 0.6 is 22.6 Å². The second-order valence-corrected chi connectivity index (χ2v) is 10.2. The Morgan fingerprint density at radius 1 is 1.25 bits per heavy atom. The number of carbonyl (C=O) groups is 3. The van der Waals surface area contributed by atoms with Gasteiger partial charge in [-0.3, -0.25) is 14.4 Å². The van der Waals surface area contributed by atoms with Crippen molar-refractivity contribution < 1.29 is 38.5 Å². The Hall–Kier alpha value is -3.29. The largest absolute Gasteiger partial charge is 0.493 e. The summed E-state index contributed by atoms with van der Waals surface area (Å²) in [6.45, 7) is 1.68. The number of allylic oxidation sites excluding steroid dienone is 1. The van der Waals surface area contributed by atoms with E-state index in [2.05, 4.69) is 5.32 Å². The molecule has 1 aliphatic carbocycles. The van der Waals surface area contributed by atoms with Crippen LogP contribution < -0.4 is 14.8 Å². The molecule has 0 aromatic heterocycles. The van der Waals surface area contributed by atoms with Gasteiger partial charge in [-0.05, 0) is 71.0 Å². The fourth-order valence-electron chi connectivity index (χ4n) is 4.30. The highest BCUT2D eigenvalue weighted by atomic mass is 127. The molecule has 3 atom stereocenters. The van der Waals surface area contributed by atoms with Crippen LogP contribution in [0.25, 0.3) is 0 Å². The number of rotatable bonds is 12. The SMILES string of the molecule is CCC=CC(=O)N(Cc1ccc(F)cc1)C1CC(C(=O)NCCO)=CC(Oc2c(I)cc(C=O)cc2OC)C1O. The van der Waals surface area contributed by atoms with Crippen LogP contribution in [0.5, 0.6) is 11.5 Å². The average Bonchev–Trinajstić information content (AvgIpc) is 2.96. The Balaban J connectivity index is 2.05. The van der Waals surface area contributed by atoms with Crippen molar-refractivity contribution in [1.29, 1.82) is 0 Å². The van der Waals surface area contributed by atoms with Crippen LogP contribution in [0.2, 0.25) is 0 Å². The van der Waals surface area contributed by atoms with Crippen LogP contribution in [-0.2, 0) is 16.1 Å². The van der Waals surface area contributed by atoms with Gasteiger partial charge in [-0.15, -0.1) is 0 Å². The predicted molar refractivity (Wildman–Crippen MR) is 154 cm³/mol. The van der Waals surface area contributed by atoms with Gasteiger partial charge in [0.2, 0.25) is 11.8 Å². The number of amides is 2. The second kappa shape index (κ2) is 14.9. The molecular formula is C29H32FIN2O7. The lowest BCUT2D eigenvalue weighted by Crippen LogP contribution is -2.54. The third kappa shape index (κ3) is 7.89. The number of aldehydes is 1. The molecule has 3 unspecified atom stereocenters. The Bertz CT molecular complexity index is 1270. The van der Waals surface area contributed by atoms with Crippen molar-refractivity contribution in [2.75, 3.05) is 20.3 Å². The number of ether oxygens (including phenoxy) is 2. The molecule has 9 nitrogen and oxygen atoms in total. The first-order valence-electron chi connectivity index (χ1n) is 12.7. The van der Waals surface area contributed by atoms with Gasteiger partial charge < -0.3 is 29.9 Å². The number of aliphatic hydroxyl groups is 2. The van der Waals surface area contributed by atoms with Gasteiger partial charge in [-0.1, -0.05) is 25.1 Å². The lowest BCUT2D eigenvalue weighted by atomic mass is 9.87. The van der Waals surface area contributed by atoms with Gasteiger partial charge in [-0.25, -0.2) is 4.39 Å². The summed E-state index contributed by atoms with van der Waals surface area (Å²) in [6, 6.07) is 7.86. The molecule has 0 heterocycles. The molecule has 2 aromatic rings. The monoisotopic (exact) mass is 666 g/mol. The first kappa shape index (κ1) is 31.2. The Kier molecular flexibility index (Phi) is 11.6. The Morgan fingerprint density at radius 2 is 1.98 bits per heavy atom. The van der Waals surface area contributed by atoms with Gasteiger partial charge in [-0.2, -0.15) is 0 Å². The molecule has 0 saturated heterocycles. The van der Waals surface area contributed by atoms with Crippen LogP contribution in [0, 0.1) is 9.39 Å². The maximum Gasteiger partial charge on any atom is 0.247 e. The molecule has 0 bridgehead atoms. The van der Waals surface area contributed by atoms with Crippen molar-refractivity contribution in [3.05, 3.63) is 80.7 Å². The summed E-state index contributed by atoms with van der Waals surface area (Å²) in [5, 5.41) is 23.4. The van der Waals surface area contributed by atoms with E-state index in [1.807, 2.05) is 29.5 Å². The van der Waals surface area contributed by atoms with E-state index in [4.69, 9.17) is 9.47 Å². The molecule has 0 fully saturated rings. The van der Waals surface area contributed by atoms with Crippen LogP contribution in [0.1, 0.15) is 35.7 Å². The minimum atomic E-state index is -1.28. The van der Waals surface area contributed by atoms with E-state index in [-0.39, 0.29) is 43.2 Å². The van der Waals surface area contributed by atoms with Crippen LogP contribution in [0.15, 0.2) is 60.2 Å². The number of aliphatic hydroxyl groups excluding tert-OH is 2. The molecule has 0 aliphatic heterocycles. The first-order chi connectivity index (χ1) is 19.2. The Labute approximate surface area is 245 Å². The number of methoxy groups -OCH3 is 1. The third-order valence-electron chi connectivity index (χ3n) is 6.30. The van der Waals surface area contributed by atoms with Gasteiger partial charge in [0.05, 0.1) is 23.3 Å². The van der Waals surface area contributed by atoms with Crippen molar-refractivity contribution in [1.82, 2.24) is 10.2 Å². The molecule has 0 spiro atoms. The molecule has 2 aromatic carbocycles. The maximum absolute atomic E-state index is 13.6. The van der Waals surface area contributed by atoms with Crippen molar-refractivity contribution >= 4 is 40.7 Å². The maximum atomic E-state index is 13.6. The fraction of sp³-hybridized carbons (Fsp3) is 0.345. The normalized spacial score (nSPS) is 18.6. The summed E-state index contributed by atoms with van der Waals surface area (Å²) < 4.78 is 25.7. The molecule has 3 rings (SSSR count). The van der Waals surface area contributed by atoms with Crippen molar-refractivity contribution in [2.45, 2.75) is 44.6 Å². The smallest absolute Gasteiger partial charge is 0.247 e. The minimum absolute atomic E-state index is 0.00347. The van der Waals surface area contributed by atoms with E-state index >= 15 is 0 Å². The van der Waals surface area contributed by atoms with E-state index in [0.29, 0.717) is 27.4 Å². The van der Waals surface area contributed by atoms with Gasteiger partial charge >= 0.3 is 0 Å².